The number of benzene rings is 2. The molecule has 94 valence electrons. The summed E-state index contributed by atoms with van der Waals surface area (Å²) < 4.78 is 17.8. The highest BCUT2D eigenvalue weighted by atomic mass is 19.1. The van der Waals surface area contributed by atoms with Crippen LogP contribution in [0.5, 0.6) is 5.75 Å². The number of rotatable bonds is 5. The minimum absolute atomic E-state index is 0.186. The Bertz CT molecular complexity index is 479. The fourth-order valence-corrected chi connectivity index (χ4v) is 1.79. The van der Waals surface area contributed by atoms with Gasteiger partial charge in [-0.25, -0.2) is 4.39 Å². The Balaban J connectivity index is 1.82. The molecule has 0 radical (unpaired) electrons. The molecule has 0 saturated carbocycles. The summed E-state index contributed by atoms with van der Waals surface area (Å²) in [6.45, 7) is 1.76. The van der Waals surface area contributed by atoms with Crippen molar-refractivity contribution in [3.63, 3.8) is 0 Å². The molecule has 0 heterocycles. The van der Waals surface area contributed by atoms with Crippen LogP contribution >= 0.6 is 0 Å². The van der Waals surface area contributed by atoms with Crippen molar-refractivity contribution in [3.05, 3.63) is 65.5 Å². The van der Waals surface area contributed by atoms with Gasteiger partial charge in [0, 0.05) is 11.1 Å². The molecule has 0 aliphatic heterocycles. The molecule has 0 aromatic heterocycles. The van der Waals surface area contributed by atoms with Crippen LogP contribution in [-0.2, 0) is 13.1 Å². The molecule has 0 atom stereocenters. The Hall–Kier alpha value is -1.87. The molecule has 0 aliphatic carbocycles. The summed E-state index contributed by atoms with van der Waals surface area (Å²) in [6, 6.07) is 14.7. The van der Waals surface area contributed by atoms with Crippen molar-refractivity contribution in [3.8, 4) is 5.75 Å². The zero-order chi connectivity index (χ0) is 12.8. The second kappa shape index (κ2) is 6.17. The monoisotopic (exact) mass is 246 g/mol. The van der Waals surface area contributed by atoms with Crippen LogP contribution in [0.1, 0.15) is 11.1 Å². The van der Waals surface area contributed by atoms with Crippen LogP contribution in [0.4, 0.5) is 4.39 Å². The number of ether oxygens (including phenoxy) is 1. The Morgan fingerprint density at radius 1 is 0.889 bits per heavy atom. The van der Waals surface area contributed by atoms with Gasteiger partial charge in [0.1, 0.15) is 24.7 Å². The number of methoxy groups -OCH3 is 1. The van der Waals surface area contributed by atoms with E-state index in [1.165, 1.54) is 17.7 Å². The molecular weight excluding hydrogens is 229 g/mol. The fraction of sp³-hybridized carbons (Fsp3) is 0.200. The van der Waals surface area contributed by atoms with Crippen molar-refractivity contribution in [2.75, 3.05) is 7.11 Å². The van der Waals surface area contributed by atoms with E-state index in [1.807, 2.05) is 24.3 Å². The zero-order valence-electron chi connectivity index (χ0n) is 10.4. The molecule has 0 saturated heterocycles. The summed E-state index contributed by atoms with van der Waals surface area (Å²) >= 11 is 0. The predicted molar refractivity (Wildman–Crippen MR) is 68.7 cm³/mol. The average molecular weight is 246 g/mol. The van der Waals surface area contributed by atoms with Gasteiger partial charge in [0.2, 0.25) is 0 Å². The van der Waals surface area contributed by atoms with Gasteiger partial charge in [-0.05, 0) is 36.4 Å². The first-order chi connectivity index (χ1) is 8.78. The standard InChI is InChI=1S/C15H16FNO/c1-18-15-8-4-13(5-9-15)11-17-10-12-2-6-14(16)7-3-12/h2-9,17H,10-11H2,1H3/p+1. The largest absolute Gasteiger partial charge is 0.497 e. The normalized spacial score (nSPS) is 10.3. The van der Waals surface area contributed by atoms with Crippen molar-refractivity contribution in [1.29, 1.82) is 0 Å². The maximum atomic E-state index is 12.7. The molecule has 0 unspecified atom stereocenters. The third-order valence-corrected chi connectivity index (χ3v) is 2.83. The summed E-state index contributed by atoms with van der Waals surface area (Å²) in [5, 5.41) is 2.19. The maximum Gasteiger partial charge on any atom is 0.123 e. The van der Waals surface area contributed by atoms with E-state index in [2.05, 4.69) is 17.4 Å². The highest BCUT2D eigenvalue weighted by Crippen LogP contribution is 2.10. The zero-order valence-corrected chi connectivity index (χ0v) is 10.4. The second-order valence-electron chi connectivity index (χ2n) is 4.17. The van der Waals surface area contributed by atoms with E-state index in [4.69, 9.17) is 4.74 Å². The summed E-state index contributed by atoms with van der Waals surface area (Å²) in [4.78, 5) is 0. The molecule has 18 heavy (non-hydrogen) atoms. The lowest BCUT2D eigenvalue weighted by Gasteiger charge is -2.04. The van der Waals surface area contributed by atoms with Crippen LogP contribution < -0.4 is 10.1 Å². The van der Waals surface area contributed by atoms with E-state index in [1.54, 1.807) is 7.11 Å². The van der Waals surface area contributed by atoms with E-state index in [-0.39, 0.29) is 5.82 Å². The molecule has 2 N–H and O–H groups in total. The van der Waals surface area contributed by atoms with E-state index >= 15 is 0 Å². The van der Waals surface area contributed by atoms with Gasteiger partial charge < -0.3 is 10.1 Å². The van der Waals surface area contributed by atoms with Gasteiger partial charge >= 0.3 is 0 Å². The molecule has 0 spiro atoms. The number of nitrogens with two attached hydrogens (primary N) is 1. The van der Waals surface area contributed by atoms with Gasteiger partial charge in [-0.15, -0.1) is 0 Å². The van der Waals surface area contributed by atoms with Gasteiger partial charge in [0.05, 0.1) is 7.11 Å². The highest BCUT2D eigenvalue weighted by Gasteiger charge is 1.99. The van der Waals surface area contributed by atoms with E-state index in [0.29, 0.717) is 0 Å². The van der Waals surface area contributed by atoms with Crippen LogP contribution in [0.2, 0.25) is 0 Å². The van der Waals surface area contributed by atoms with E-state index in [0.717, 1.165) is 24.4 Å². The van der Waals surface area contributed by atoms with Crippen LogP contribution in [0.25, 0.3) is 0 Å². The van der Waals surface area contributed by atoms with Crippen LogP contribution in [0.3, 0.4) is 0 Å². The van der Waals surface area contributed by atoms with Gasteiger partial charge in [0.25, 0.3) is 0 Å². The molecular formula is C15H17FNO+. The first-order valence-electron chi connectivity index (χ1n) is 5.97. The fourth-order valence-electron chi connectivity index (χ4n) is 1.79. The SMILES string of the molecule is COc1ccc(C[NH2+]Cc2ccc(F)cc2)cc1. The van der Waals surface area contributed by atoms with Crippen LogP contribution in [0, 0.1) is 5.82 Å². The third kappa shape index (κ3) is 3.57. The summed E-state index contributed by atoms with van der Waals surface area (Å²) in [5.41, 5.74) is 2.38. The Morgan fingerprint density at radius 3 is 1.89 bits per heavy atom. The van der Waals surface area contributed by atoms with E-state index in [9.17, 15) is 4.39 Å². The van der Waals surface area contributed by atoms with Gasteiger partial charge in [-0.3, -0.25) is 0 Å². The minimum Gasteiger partial charge on any atom is -0.497 e. The summed E-state index contributed by atoms with van der Waals surface area (Å²) in [6.07, 6.45) is 0. The van der Waals surface area contributed by atoms with Gasteiger partial charge in [-0.2, -0.15) is 0 Å². The maximum absolute atomic E-state index is 12.7. The Morgan fingerprint density at radius 2 is 1.39 bits per heavy atom. The first kappa shape index (κ1) is 12.6. The predicted octanol–water partition coefficient (Wildman–Crippen LogP) is 2.10. The van der Waals surface area contributed by atoms with Crippen molar-refractivity contribution in [2.24, 2.45) is 0 Å². The molecule has 0 amide bonds. The number of hydrogen-bond acceptors (Lipinski definition) is 1. The van der Waals surface area contributed by atoms with E-state index < -0.39 is 0 Å². The lowest BCUT2D eigenvalue weighted by atomic mass is 10.2. The molecule has 2 nitrogen and oxygen atoms in total. The second-order valence-corrected chi connectivity index (χ2v) is 4.17. The molecule has 2 rings (SSSR count). The van der Waals surface area contributed by atoms with Crippen molar-refractivity contribution in [1.82, 2.24) is 0 Å². The lowest BCUT2D eigenvalue weighted by molar-refractivity contribution is -0.686. The quantitative estimate of drug-likeness (QED) is 0.859. The molecule has 0 fully saturated rings. The van der Waals surface area contributed by atoms with Crippen molar-refractivity contribution < 1.29 is 14.4 Å². The molecule has 2 aromatic rings. The van der Waals surface area contributed by atoms with Gasteiger partial charge in [0.15, 0.2) is 0 Å². The smallest absolute Gasteiger partial charge is 0.123 e. The Labute approximate surface area is 106 Å². The number of halogens is 1. The lowest BCUT2D eigenvalue weighted by Crippen LogP contribution is -2.80. The van der Waals surface area contributed by atoms with Gasteiger partial charge in [-0.1, -0.05) is 12.1 Å². The molecule has 2 aromatic carbocycles. The number of quaternary nitrogens is 1. The minimum atomic E-state index is -0.186. The Kier molecular flexibility index (Phi) is 4.31. The summed E-state index contributed by atoms with van der Waals surface area (Å²) in [7, 11) is 1.66. The van der Waals surface area contributed by atoms with Crippen LogP contribution in [0.15, 0.2) is 48.5 Å². The molecule has 0 bridgehead atoms. The summed E-state index contributed by atoms with van der Waals surface area (Å²) in [5.74, 6) is 0.686. The molecule has 0 aliphatic rings. The topological polar surface area (TPSA) is 25.8 Å². The van der Waals surface area contributed by atoms with Crippen LogP contribution in [-0.4, -0.2) is 7.11 Å². The van der Waals surface area contributed by atoms with Crippen molar-refractivity contribution >= 4 is 0 Å². The number of hydrogen-bond donors (Lipinski definition) is 1. The van der Waals surface area contributed by atoms with Crippen molar-refractivity contribution in [2.45, 2.75) is 13.1 Å². The highest BCUT2D eigenvalue weighted by molar-refractivity contribution is 5.26. The third-order valence-electron chi connectivity index (χ3n) is 2.83. The first-order valence-corrected chi connectivity index (χ1v) is 5.97. The average Bonchev–Trinajstić information content (AvgIpc) is 2.42. The molecule has 3 heteroatoms.